The van der Waals surface area contributed by atoms with E-state index in [1.54, 1.807) is 24.3 Å². The van der Waals surface area contributed by atoms with Crippen LogP contribution in [0.4, 0.5) is 10.7 Å². The molecule has 0 unspecified atom stereocenters. The Hall–Kier alpha value is -2.87. The Morgan fingerprint density at radius 3 is 2.56 bits per heavy atom. The molecule has 0 aliphatic rings. The molecule has 1 aromatic heterocycles. The van der Waals surface area contributed by atoms with Crippen molar-refractivity contribution in [3.8, 4) is 11.5 Å². The number of nitrogens with zero attached hydrogens (tertiary/aromatic N) is 1. The number of hydrogen-bond donors (Lipinski definition) is 1. The van der Waals surface area contributed by atoms with Crippen LogP contribution in [0.15, 0.2) is 36.4 Å². The van der Waals surface area contributed by atoms with Gasteiger partial charge in [-0.05, 0) is 38.1 Å². The molecule has 132 valence electrons. The number of hydrogen-bond acceptors (Lipinski definition) is 6. The van der Waals surface area contributed by atoms with Gasteiger partial charge in [0.1, 0.15) is 0 Å². The van der Waals surface area contributed by atoms with E-state index < -0.39 is 4.92 Å². The van der Waals surface area contributed by atoms with Crippen LogP contribution in [-0.2, 0) is 4.79 Å². The molecule has 0 aliphatic heterocycles. The molecule has 1 heterocycles. The molecule has 0 bridgehead atoms. The minimum Gasteiger partial charge on any atom is -0.490 e. The van der Waals surface area contributed by atoms with Crippen molar-refractivity contribution in [1.29, 1.82) is 0 Å². The minimum atomic E-state index is -0.461. The maximum Gasteiger partial charge on any atom is 0.324 e. The van der Waals surface area contributed by atoms with Gasteiger partial charge in [-0.15, -0.1) is 0 Å². The van der Waals surface area contributed by atoms with Crippen LogP contribution in [0, 0.1) is 10.1 Å². The zero-order chi connectivity index (χ0) is 18.2. The Labute approximate surface area is 149 Å². The van der Waals surface area contributed by atoms with Crippen LogP contribution in [0.2, 0.25) is 0 Å². The van der Waals surface area contributed by atoms with Crippen LogP contribution < -0.4 is 14.8 Å². The molecule has 0 saturated carbocycles. The van der Waals surface area contributed by atoms with E-state index in [0.29, 0.717) is 35.3 Å². The first-order chi connectivity index (χ1) is 12.0. The maximum atomic E-state index is 12.0. The van der Waals surface area contributed by atoms with Crippen LogP contribution >= 0.6 is 11.3 Å². The topological polar surface area (TPSA) is 90.7 Å². The number of ether oxygens (including phenoxy) is 2. The molecule has 25 heavy (non-hydrogen) atoms. The first-order valence-electron chi connectivity index (χ1n) is 7.66. The van der Waals surface area contributed by atoms with Gasteiger partial charge >= 0.3 is 5.00 Å². The van der Waals surface area contributed by atoms with Crippen molar-refractivity contribution in [2.75, 3.05) is 18.5 Å². The number of carbonyl (C=O) groups is 1. The van der Waals surface area contributed by atoms with Crippen molar-refractivity contribution in [1.82, 2.24) is 0 Å². The van der Waals surface area contributed by atoms with Gasteiger partial charge in [0.05, 0.1) is 18.1 Å². The van der Waals surface area contributed by atoms with Crippen molar-refractivity contribution in [2.45, 2.75) is 13.8 Å². The highest BCUT2D eigenvalue weighted by molar-refractivity contribution is 7.16. The fourth-order valence-electron chi connectivity index (χ4n) is 2.00. The number of nitrogens with one attached hydrogen (secondary N) is 1. The molecule has 0 saturated heterocycles. The Morgan fingerprint density at radius 1 is 1.20 bits per heavy atom. The number of amides is 1. The third kappa shape index (κ3) is 5.32. The second-order valence-electron chi connectivity index (χ2n) is 4.78. The Morgan fingerprint density at radius 2 is 1.92 bits per heavy atom. The zero-order valence-electron chi connectivity index (χ0n) is 13.9. The fourth-order valence-corrected chi connectivity index (χ4v) is 2.72. The largest absolute Gasteiger partial charge is 0.490 e. The first-order valence-corrected chi connectivity index (χ1v) is 8.48. The van der Waals surface area contributed by atoms with E-state index in [2.05, 4.69) is 5.32 Å². The molecule has 7 nitrogen and oxygen atoms in total. The molecule has 2 rings (SSSR count). The van der Waals surface area contributed by atoms with E-state index >= 15 is 0 Å². The normalized spacial score (nSPS) is 10.6. The van der Waals surface area contributed by atoms with Crippen LogP contribution in [0.1, 0.15) is 18.7 Å². The van der Waals surface area contributed by atoms with Gasteiger partial charge in [-0.2, -0.15) is 0 Å². The predicted octanol–water partition coefficient (Wildman–Crippen LogP) is 4.11. The van der Waals surface area contributed by atoms with Gasteiger partial charge in [-0.25, -0.2) is 0 Å². The molecular formula is C17H18N2O5S. The van der Waals surface area contributed by atoms with Gasteiger partial charge in [0.25, 0.3) is 0 Å². The lowest BCUT2D eigenvalue weighted by atomic mass is 10.2. The van der Waals surface area contributed by atoms with Crippen molar-refractivity contribution in [3.05, 3.63) is 51.4 Å². The number of carbonyl (C=O) groups excluding carboxylic acids is 1. The molecular weight excluding hydrogens is 344 g/mol. The average Bonchev–Trinajstić information content (AvgIpc) is 3.05. The molecule has 1 N–H and O–H groups in total. The molecule has 1 aromatic carbocycles. The van der Waals surface area contributed by atoms with Crippen LogP contribution in [0.25, 0.3) is 6.08 Å². The molecule has 0 atom stereocenters. The summed E-state index contributed by atoms with van der Waals surface area (Å²) in [6.45, 7) is 4.74. The smallest absolute Gasteiger partial charge is 0.324 e. The van der Waals surface area contributed by atoms with Gasteiger partial charge in [0.2, 0.25) is 5.91 Å². The molecule has 0 radical (unpaired) electrons. The number of nitro groups is 1. The van der Waals surface area contributed by atoms with E-state index in [4.69, 9.17) is 9.47 Å². The standard InChI is InChI=1S/C17H18N2O5S/c1-3-23-14-8-5-12(11-15(14)24-4-2)18-16(20)9-6-13-7-10-17(25-13)19(21)22/h5-11H,3-4H2,1-2H3,(H,18,20)/b9-6+. The number of thiophene rings is 1. The van der Waals surface area contributed by atoms with Gasteiger partial charge in [-0.3, -0.25) is 14.9 Å². The third-order valence-corrected chi connectivity index (χ3v) is 4.00. The Balaban J connectivity index is 2.04. The molecule has 0 spiro atoms. The summed E-state index contributed by atoms with van der Waals surface area (Å²) in [5.74, 6) is 0.825. The Kier molecular flexibility index (Phi) is 6.53. The lowest BCUT2D eigenvalue weighted by Crippen LogP contribution is -2.08. The van der Waals surface area contributed by atoms with Crippen LogP contribution in [0.5, 0.6) is 11.5 Å². The molecule has 0 fully saturated rings. The average molecular weight is 362 g/mol. The number of benzene rings is 1. The van der Waals surface area contributed by atoms with Crippen LogP contribution in [0.3, 0.4) is 0 Å². The highest BCUT2D eigenvalue weighted by atomic mass is 32.1. The predicted molar refractivity (Wildman–Crippen MR) is 97.4 cm³/mol. The second-order valence-corrected chi connectivity index (χ2v) is 5.88. The quantitative estimate of drug-likeness (QED) is 0.434. The third-order valence-electron chi connectivity index (χ3n) is 3.00. The summed E-state index contributed by atoms with van der Waals surface area (Å²) in [5.41, 5.74) is 0.568. The van der Waals surface area contributed by atoms with Gasteiger partial charge in [0, 0.05) is 28.8 Å². The van der Waals surface area contributed by atoms with Crippen molar-refractivity contribution >= 4 is 34.0 Å². The van der Waals surface area contributed by atoms with Gasteiger partial charge in [0.15, 0.2) is 11.5 Å². The lowest BCUT2D eigenvalue weighted by Gasteiger charge is -2.12. The van der Waals surface area contributed by atoms with Crippen molar-refractivity contribution in [2.24, 2.45) is 0 Å². The zero-order valence-corrected chi connectivity index (χ0v) is 14.7. The minimum absolute atomic E-state index is 0.0351. The highest BCUT2D eigenvalue weighted by Gasteiger charge is 2.09. The fraction of sp³-hybridized carbons (Fsp3) is 0.235. The lowest BCUT2D eigenvalue weighted by molar-refractivity contribution is -0.380. The second kappa shape index (κ2) is 8.84. The highest BCUT2D eigenvalue weighted by Crippen LogP contribution is 2.30. The SMILES string of the molecule is CCOc1ccc(NC(=O)/C=C/c2ccc([N+](=O)[O-])s2)cc1OCC. The molecule has 2 aromatic rings. The summed E-state index contributed by atoms with van der Waals surface area (Å²) in [6, 6.07) is 8.14. The van der Waals surface area contributed by atoms with E-state index in [1.165, 1.54) is 18.2 Å². The molecule has 8 heteroatoms. The van der Waals surface area contributed by atoms with Gasteiger partial charge < -0.3 is 14.8 Å². The van der Waals surface area contributed by atoms with Gasteiger partial charge in [-0.1, -0.05) is 11.3 Å². The van der Waals surface area contributed by atoms with Crippen molar-refractivity contribution < 1.29 is 19.2 Å². The molecule has 1 amide bonds. The summed E-state index contributed by atoms with van der Waals surface area (Å²) in [6.07, 6.45) is 2.86. The summed E-state index contributed by atoms with van der Waals surface area (Å²) >= 11 is 1.00. The number of anilines is 1. The maximum absolute atomic E-state index is 12.0. The van der Waals surface area contributed by atoms with E-state index in [1.807, 2.05) is 13.8 Å². The summed E-state index contributed by atoms with van der Waals surface area (Å²) in [4.78, 5) is 22.8. The van der Waals surface area contributed by atoms with E-state index in [-0.39, 0.29) is 10.9 Å². The number of rotatable bonds is 8. The van der Waals surface area contributed by atoms with Crippen LogP contribution in [-0.4, -0.2) is 24.0 Å². The summed E-state index contributed by atoms with van der Waals surface area (Å²) < 4.78 is 11.0. The summed E-state index contributed by atoms with van der Waals surface area (Å²) in [5, 5.41) is 13.4. The van der Waals surface area contributed by atoms with Crippen molar-refractivity contribution in [3.63, 3.8) is 0 Å². The monoisotopic (exact) mass is 362 g/mol. The first kappa shape index (κ1) is 18.5. The summed E-state index contributed by atoms with van der Waals surface area (Å²) in [7, 11) is 0. The Bertz CT molecular complexity index is 785. The molecule has 0 aliphatic carbocycles. The van der Waals surface area contributed by atoms with E-state index in [9.17, 15) is 14.9 Å². The van der Waals surface area contributed by atoms with E-state index in [0.717, 1.165) is 11.3 Å².